The molecule has 0 spiro atoms. The summed E-state index contributed by atoms with van der Waals surface area (Å²) in [4.78, 5) is 19.5. The van der Waals surface area contributed by atoms with E-state index in [-0.39, 0.29) is 16.4 Å². The van der Waals surface area contributed by atoms with Crippen LogP contribution in [0.25, 0.3) is 0 Å². The largest absolute Gasteiger partial charge is 0.303 e. The van der Waals surface area contributed by atoms with Gasteiger partial charge < -0.3 is 5.32 Å². The number of amides is 1. The molecule has 0 unspecified atom stereocenters. The van der Waals surface area contributed by atoms with Gasteiger partial charge in [-0.05, 0) is 6.92 Å². The summed E-state index contributed by atoms with van der Waals surface area (Å²) in [6, 6.07) is 0. The fraction of sp³-hybridized carbons (Fsp3) is 0.200. The minimum Gasteiger partial charge on any atom is -0.303 e. The van der Waals surface area contributed by atoms with Crippen LogP contribution < -0.4 is 10.5 Å². The van der Waals surface area contributed by atoms with Crippen LogP contribution in [0.5, 0.6) is 0 Å². The highest BCUT2D eigenvalue weighted by Crippen LogP contribution is 2.17. The molecule has 106 valence electrons. The van der Waals surface area contributed by atoms with Crippen molar-refractivity contribution >= 4 is 21.7 Å². The molecule has 0 aliphatic carbocycles. The van der Waals surface area contributed by atoms with E-state index < -0.39 is 15.9 Å². The lowest BCUT2D eigenvalue weighted by molar-refractivity contribution is 0.102. The Morgan fingerprint density at radius 1 is 1.35 bits per heavy atom. The van der Waals surface area contributed by atoms with Crippen LogP contribution >= 0.6 is 0 Å². The van der Waals surface area contributed by atoms with Gasteiger partial charge >= 0.3 is 0 Å². The van der Waals surface area contributed by atoms with Crippen molar-refractivity contribution < 1.29 is 13.2 Å². The number of hydrogen-bond donors (Lipinski definition) is 2. The minimum atomic E-state index is -3.98. The fourth-order valence-electron chi connectivity index (χ4n) is 1.44. The lowest BCUT2D eigenvalue weighted by Gasteiger charge is -2.03. The smallest absolute Gasteiger partial charge is 0.277 e. The fourth-order valence-corrected chi connectivity index (χ4v) is 2.10. The minimum absolute atomic E-state index is 0.0432. The predicted octanol–water partition coefficient (Wildman–Crippen LogP) is -0.582. The number of nitrogens with zero attached hydrogens (tertiary/aromatic N) is 4. The Morgan fingerprint density at radius 3 is 2.60 bits per heavy atom. The molecule has 20 heavy (non-hydrogen) atoms. The second-order valence-corrected chi connectivity index (χ2v) is 5.59. The zero-order valence-corrected chi connectivity index (χ0v) is 11.5. The average molecular weight is 296 g/mol. The van der Waals surface area contributed by atoms with E-state index in [2.05, 4.69) is 20.4 Å². The van der Waals surface area contributed by atoms with Gasteiger partial charge in [0.2, 0.25) is 10.0 Å². The molecule has 3 N–H and O–H groups in total. The van der Waals surface area contributed by atoms with Crippen molar-refractivity contribution in [3.05, 3.63) is 30.0 Å². The Kier molecular flexibility index (Phi) is 3.51. The Morgan fingerprint density at radius 2 is 2.05 bits per heavy atom. The lowest BCUT2D eigenvalue weighted by Crippen LogP contribution is -2.18. The third kappa shape index (κ3) is 2.97. The van der Waals surface area contributed by atoms with Gasteiger partial charge in [-0.3, -0.25) is 14.5 Å². The van der Waals surface area contributed by atoms with Crippen LogP contribution in [0.4, 0.5) is 5.82 Å². The molecule has 2 heterocycles. The second kappa shape index (κ2) is 4.98. The molecule has 0 aliphatic rings. The molecular weight excluding hydrogens is 284 g/mol. The van der Waals surface area contributed by atoms with Gasteiger partial charge in [0.25, 0.3) is 5.91 Å². The summed E-state index contributed by atoms with van der Waals surface area (Å²) >= 11 is 0. The molecule has 0 saturated carbocycles. The van der Waals surface area contributed by atoms with Crippen LogP contribution in [0, 0.1) is 6.92 Å². The highest BCUT2D eigenvalue weighted by Gasteiger charge is 2.20. The first-order valence-electron chi connectivity index (χ1n) is 5.44. The van der Waals surface area contributed by atoms with Gasteiger partial charge in [0.1, 0.15) is 10.6 Å². The number of rotatable bonds is 3. The molecule has 1 amide bonds. The van der Waals surface area contributed by atoms with Gasteiger partial charge in [0.15, 0.2) is 5.82 Å². The molecule has 10 heteroatoms. The number of aryl methyl sites for hydroxylation is 2. The first-order valence-corrected chi connectivity index (χ1v) is 6.98. The number of anilines is 1. The van der Waals surface area contributed by atoms with E-state index in [9.17, 15) is 13.2 Å². The van der Waals surface area contributed by atoms with E-state index in [4.69, 9.17) is 5.14 Å². The number of nitrogens with one attached hydrogen (secondary N) is 1. The Hall–Kier alpha value is -2.33. The van der Waals surface area contributed by atoms with Crippen LogP contribution in [0.2, 0.25) is 0 Å². The van der Waals surface area contributed by atoms with Crippen LogP contribution in [0.3, 0.4) is 0 Å². The highest BCUT2D eigenvalue weighted by molar-refractivity contribution is 7.89. The quantitative estimate of drug-likeness (QED) is 0.778. The van der Waals surface area contributed by atoms with E-state index >= 15 is 0 Å². The van der Waals surface area contributed by atoms with Crippen molar-refractivity contribution in [3.63, 3.8) is 0 Å². The third-order valence-electron chi connectivity index (χ3n) is 2.35. The van der Waals surface area contributed by atoms with Crippen molar-refractivity contribution in [2.75, 3.05) is 5.32 Å². The van der Waals surface area contributed by atoms with Gasteiger partial charge in [-0.25, -0.2) is 18.5 Å². The maximum absolute atomic E-state index is 11.9. The van der Waals surface area contributed by atoms with Crippen molar-refractivity contribution in [3.8, 4) is 0 Å². The molecule has 0 atom stereocenters. The predicted molar refractivity (Wildman–Crippen MR) is 69.3 cm³/mol. The Balaban J connectivity index is 2.31. The van der Waals surface area contributed by atoms with Crippen LogP contribution in [0.15, 0.2) is 23.5 Å². The maximum Gasteiger partial charge on any atom is 0.277 e. The number of hydrogen-bond acceptors (Lipinski definition) is 6. The Bertz CT molecular complexity index is 750. The summed E-state index contributed by atoms with van der Waals surface area (Å²) in [7, 11) is -2.47. The standard InChI is InChI=1S/C10H12N6O3S/c1-6-3-13-7(4-12-6)10(17)14-9-8(20(11,18)19)5-16(2)15-9/h3-5H,1-2H3,(H2,11,18,19)(H,14,15,17). The molecule has 0 bridgehead atoms. The summed E-state index contributed by atoms with van der Waals surface area (Å²) in [6.07, 6.45) is 3.91. The van der Waals surface area contributed by atoms with Gasteiger partial charge in [-0.1, -0.05) is 0 Å². The summed E-state index contributed by atoms with van der Waals surface area (Å²) in [5.74, 6) is -0.775. The zero-order chi connectivity index (χ0) is 14.9. The monoisotopic (exact) mass is 296 g/mol. The van der Waals surface area contributed by atoms with E-state index in [0.717, 1.165) is 0 Å². The molecule has 0 fully saturated rings. The molecule has 0 saturated heterocycles. The summed E-state index contributed by atoms with van der Waals surface area (Å²) in [5, 5.41) is 11.2. The summed E-state index contributed by atoms with van der Waals surface area (Å²) in [6.45, 7) is 1.73. The number of sulfonamides is 1. The average Bonchev–Trinajstić information content (AvgIpc) is 2.71. The molecule has 2 aromatic heterocycles. The van der Waals surface area contributed by atoms with E-state index in [1.165, 1.54) is 30.3 Å². The van der Waals surface area contributed by atoms with Crippen molar-refractivity contribution in [1.29, 1.82) is 0 Å². The molecule has 0 aliphatic heterocycles. The van der Waals surface area contributed by atoms with Crippen molar-refractivity contribution in [2.45, 2.75) is 11.8 Å². The molecule has 9 nitrogen and oxygen atoms in total. The number of carbonyl (C=O) groups excluding carboxylic acids is 1. The number of carbonyl (C=O) groups is 1. The van der Waals surface area contributed by atoms with Crippen LogP contribution in [0.1, 0.15) is 16.2 Å². The van der Waals surface area contributed by atoms with E-state index in [0.29, 0.717) is 5.69 Å². The number of primary sulfonamides is 1. The first-order chi connectivity index (χ1) is 9.27. The molecule has 2 rings (SSSR count). The second-order valence-electron chi connectivity index (χ2n) is 4.06. The third-order valence-corrected chi connectivity index (χ3v) is 3.26. The van der Waals surface area contributed by atoms with Gasteiger partial charge in [-0.2, -0.15) is 5.10 Å². The van der Waals surface area contributed by atoms with Crippen molar-refractivity contribution in [1.82, 2.24) is 19.7 Å². The van der Waals surface area contributed by atoms with E-state index in [1.807, 2.05) is 0 Å². The van der Waals surface area contributed by atoms with Crippen LogP contribution in [-0.4, -0.2) is 34.1 Å². The first kappa shape index (κ1) is 14.1. The zero-order valence-electron chi connectivity index (χ0n) is 10.7. The van der Waals surface area contributed by atoms with Gasteiger partial charge in [-0.15, -0.1) is 0 Å². The molecular formula is C10H12N6O3S. The van der Waals surface area contributed by atoms with Gasteiger partial charge in [0.05, 0.1) is 11.9 Å². The van der Waals surface area contributed by atoms with Gasteiger partial charge in [0, 0.05) is 19.4 Å². The molecule has 2 aromatic rings. The topological polar surface area (TPSA) is 133 Å². The maximum atomic E-state index is 11.9. The van der Waals surface area contributed by atoms with Crippen LogP contribution in [-0.2, 0) is 17.1 Å². The Labute approximate surface area is 114 Å². The van der Waals surface area contributed by atoms with E-state index in [1.54, 1.807) is 6.92 Å². The summed E-state index contributed by atoms with van der Waals surface area (Å²) in [5.41, 5.74) is 0.700. The molecule has 0 aromatic carbocycles. The number of aromatic nitrogens is 4. The number of nitrogens with two attached hydrogens (primary N) is 1. The highest BCUT2D eigenvalue weighted by atomic mass is 32.2. The molecule has 0 radical (unpaired) electrons. The lowest BCUT2D eigenvalue weighted by atomic mass is 10.4. The summed E-state index contributed by atoms with van der Waals surface area (Å²) < 4.78 is 24.0. The normalized spacial score (nSPS) is 11.3. The SMILES string of the molecule is Cc1cnc(C(=O)Nc2nn(C)cc2S(N)(=O)=O)cn1. The van der Waals surface area contributed by atoms with Crippen molar-refractivity contribution in [2.24, 2.45) is 12.2 Å².